The Kier molecular flexibility index (Phi) is 3.83. The summed E-state index contributed by atoms with van der Waals surface area (Å²) in [4.78, 5) is 10.3. The van der Waals surface area contributed by atoms with Crippen LogP contribution in [0.3, 0.4) is 0 Å². The number of nitrogens with zero attached hydrogens (tertiary/aromatic N) is 1. The molecule has 0 radical (unpaired) electrons. The lowest BCUT2D eigenvalue weighted by Crippen LogP contribution is -1.95. The summed E-state index contributed by atoms with van der Waals surface area (Å²) in [5, 5.41) is 11.4. The van der Waals surface area contributed by atoms with Crippen LogP contribution in [0.1, 0.15) is 31.2 Å². The molecule has 0 aliphatic heterocycles. The number of non-ortho nitro benzene ring substituents is 1. The number of rotatable bonds is 4. The second-order valence-corrected chi connectivity index (χ2v) is 5.43. The summed E-state index contributed by atoms with van der Waals surface area (Å²) in [7, 11) is 0. The third kappa shape index (κ3) is 2.98. The van der Waals surface area contributed by atoms with Gasteiger partial charge < -0.3 is 0 Å². The first-order valence-corrected chi connectivity index (χ1v) is 6.65. The summed E-state index contributed by atoms with van der Waals surface area (Å²) in [6.45, 7) is 0. The summed E-state index contributed by atoms with van der Waals surface area (Å²) in [5.74, 6) is 0.895. The molecule has 86 valence electrons. The van der Waals surface area contributed by atoms with Gasteiger partial charge >= 0.3 is 0 Å². The zero-order valence-electron chi connectivity index (χ0n) is 9.09. The highest BCUT2D eigenvalue weighted by atomic mass is 32.2. The SMILES string of the molecule is O=[N+]([O-])c1cccc(CSC2CCCC2)c1. The smallest absolute Gasteiger partial charge is 0.258 e. The lowest BCUT2D eigenvalue weighted by molar-refractivity contribution is -0.384. The van der Waals surface area contributed by atoms with E-state index < -0.39 is 0 Å². The Bertz CT molecular complexity index is 375. The summed E-state index contributed by atoms with van der Waals surface area (Å²) in [5.41, 5.74) is 1.26. The number of nitro groups is 1. The van der Waals surface area contributed by atoms with Crippen LogP contribution < -0.4 is 0 Å². The Morgan fingerprint density at radius 2 is 2.12 bits per heavy atom. The van der Waals surface area contributed by atoms with Gasteiger partial charge in [-0.1, -0.05) is 25.0 Å². The van der Waals surface area contributed by atoms with Crippen molar-refractivity contribution in [1.29, 1.82) is 0 Å². The van der Waals surface area contributed by atoms with Crippen LogP contribution in [-0.4, -0.2) is 10.2 Å². The predicted octanol–water partition coefficient (Wildman–Crippen LogP) is 3.77. The van der Waals surface area contributed by atoms with E-state index in [0.29, 0.717) is 0 Å². The molecule has 0 N–H and O–H groups in total. The molecule has 0 heterocycles. The van der Waals surface area contributed by atoms with Gasteiger partial charge in [-0.3, -0.25) is 10.1 Å². The Balaban J connectivity index is 1.93. The van der Waals surface area contributed by atoms with Crippen molar-refractivity contribution in [2.45, 2.75) is 36.7 Å². The van der Waals surface area contributed by atoms with E-state index in [1.54, 1.807) is 18.2 Å². The van der Waals surface area contributed by atoms with Gasteiger partial charge in [0, 0.05) is 23.1 Å². The molecule has 0 atom stereocenters. The van der Waals surface area contributed by atoms with Crippen LogP contribution in [-0.2, 0) is 5.75 Å². The fourth-order valence-corrected chi connectivity index (χ4v) is 3.30. The van der Waals surface area contributed by atoms with E-state index in [4.69, 9.17) is 0 Å². The lowest BCUT2D eigenvalue weighted by atomic mass is 10.2. The molecule has 3 nitrogen and oxygen atoms in total. The standard InChI is InChI=1S/C12H15NO2S/c14-13(15)11-5-3-4-10(8-11)9-16-12-6-1-2-7-12/h3-5,8,12H,1-2,6-7,9H2. The molecule has 1 aromatic carbocycles. The van der Waals surface area contributed by atoms with Crippen molar-refractivity contribution in [2.75, 3.05) is 0 Å². The maximum Gasteiger partial charge on any atom is 0.269 e. The molecule has 16 heavy (non-hydrogen) atoms. The largest absolute Gasteiger partial charge is 0.269 e. The van der Waals surface area contributed by atoms with E-state index in [0.717, 1.165) is 16.6 Å². The number of nitro benzene ring substituents is 1. The molecular formula is C12H15NO2S. The first kappa shape index (κ1) is 11.5. The summed E-state index contributed by atoms with van der Waals surface area (Å²) >= 11 is 1.93. The summed E-state index contributed by atoms with van der Waals surface area (Å²) < 4.78 is 0. The molecule has 0 aromatic heterocycles. The predicted molar refractivity (Wildman–Crippen MR) is 66.6 cm³/mol. The van der Waals surface area contributed by atoms with Crippen LogP contribution in [0, 0.1) is 10.1 Å². The summed E-state index contributed by atoms with van der Waals surface area (Å²) in [6.07, 6.45) is 5.29. The molecular weight excluding hydrogens is 222 g/mol. The molecule has 1 saturated carbocycles. The average Bonchev–Trinajstić information content (AvgIpc) is 2.79. The Morgan fingerprint density at radius 3 is 2.81 bits per heavy atom. The first-order chi connectivity index (χ1) is 7.75. The van der Waals surface area contributed by atoms with Gasteiger partial charge in [0.1, 0.15) is 0 Å². The topological polar surface area (TPSA) is 43.1 Å². The van der Waals surface area contributed by atoms with Crippen LogP contribution in [0.25, 0.3) is 0 Å². The minimum absolute atomic E-state index is 0.199. The minimum Gasteiger partial charge on any atom is -0.258 e. The fraction of sp³-hybridized carbons (Fsp3) is 0.500. The molecule has 1 aromatic rings. The van der Waals surface area contributed by atoms with Gasteiger partial charge in [-0.2, -0.15) is 11.8 Å². The zero-order valence-corrected chi connectivity index (χ0v) is 9.91. The number of thioether (sulfide) groups is 1. The second kappa shape index (κ2) is 5.34. The lowest BCUT2D eigenvalue weighted by Gasteiger charge is -2.08. The number of benzene rings is 1. The van der Waals surface area contributed by atoms with Gasteiger partial charge in [0.25, 0.3) is 5.69 Å². The van der Waals surface area contributed by atoms with E-state index in [2.05, 4.69) is 0 Å². The van der Waals surface area contributed by atoms with Crippen molar-refractivity contribution in [3.8, 4) is 0 Å². The second-order valence-electron chi connectivity index (χ2n) is 4.14. The Morgan fingerprint density at radius 1 is 1.38 bits per heavy atom. The van der Waals surface area contributed by atoms with Crippen LogP contribution in [0.2, 0.25) is 0 Å². The molecule has 1 aliphatic rings. The third-order valence-electron chi connectivity index (χ3n) is 2.91. The monoisotopic (exact) mass is 237 g/mol. The fourth-order valence-electron chi connectivity index (χ4n) is 2.03. The molecule has 1 fully saturated rings. The van der Waals surface area contributed by atoms with Crippen LogP contribution >= 0.6 is 11.8 Å². The molecule has 0 bridgehead atoms. The van der Waals surface area contributed by atoms with E-state index >= 15 is 0 Å². The van der Waals surface area contributed by atoms with Crippen molar-refractivity contribution >= 4 is 17.4 Å². The minimum atomic E-state index is -0.330. The van der Waals surface area contributed by atoms with Crippen LogP contribution in [0.15, 0.2) is 24.3 Å². The van der Waals surface area contributed by atoms with E-state index in [-0.39, 0.29) is 10.6 Å². The molecule has 0 spiro atoms. The zero-order chi connectivity index (χ0) is 11.4. The van der Waals surface area contributed by atoms with Crippen LogP contribution in [0.5, 0.6) is 0 Å². The van der Waals surface area contributed by atoms with Gasteiger partial charge in [0.15, 0.2) is 0 Å². The summed E-state index contributed by atoms with van der Waals surface area (Å²) in [6, 6.07) is 6.96. The Hall–Kier alpha value is -1.03. The molecule has 0 unspecified atom stereocenters. The average molecular weight is 237 g/mol. The van der Waals surface area contributed by atoms with Crippen molar-refractivity contribution in [3.63, 3.8) is 0 Å². The van der Waals surface area contributed by atoms with Crippen molar-refractivity contribution in [2.24, 2.45) is 0 Å². The van der Waals surface area contributed by atoms with Gasteiger partial charge in [-0.15, -0.1) is 0 Å². The van der Waals surface area contributed by atoms with E-state index in [1.165, 1.54) is 25.7 Å². The molecule has 1 aliphatic carbocycles. The molecule has 2 rings (SSSR count). The van der Waals surface area contributed by atoms with E-state index in [9.17, 15) is 10.1 Å². The third-order valence-corrected chi connectivity index (χ3v) is 4.35. The number of hydrogen-bond acceptors (Lipinski definition) is 3. The highest BCUT2D eigenvalue weighted by molar-refractivity contribution is 7.99. The van der Waals surface area contributed by atoms with Gasteiger partial charge in [0.05, 0.1) is 4.92 Å². The van der Waals surface area contributed by atoms with Gasteiger partial charge in [-0.05, 0) is 18.4 Å². The van der Waals surface area contributed by atoms with Gasteiger partial charge in [-0.25, -0.2) is 0 Å². The highest BCUT2D eigenvalue weighted by Gasteiger charge is 2.15. The maximum absolute atomic E-state index is 10.6. The highest BCUT2D eigenvalue weighted by Crippen LogP contribution is 2.31. The molecule has 4 heteroatoms. The quantitative estimate of drug-likeness (QED) is 0.591. The first-order valence-electron chi connectivity index (χ1n) is 5.60. The molecule has 0 saturated heterocycles. The van der Waals surface area contributed by atoms with Gasteiger partial charge in [0.2, 0.25) is 0 Å². The van der Waals surface area contributed by atoms with E-state index in [1.807, 2.05) is 17.8 Å². The normalized spacial score (nSPS) is 16.5. The number of hydrogen-bond donors (Lipinski definition) is 0. The molecule has 0 amide bonds. The van der Waals surface area contributed by atoms with Crippen LogP contribution in [0.4, 0.5) is 5.69 Å². The maximum atomic E-state index is 10.6. The van der Waals surface area contributed by atoms with Crippen molar-refractivity contribution in [1.82, 2.24) is 0 Å². The Labute approximate surface area is 99.4 Å². The van der Waals surface area contributed by atoms with Crippen molar-refractivity contribution in [3.05, 3.63) is 39.9 Å². The van der Waals surface area contributed by atoms with Crippen molar-refractivity contribution < 1.29 is 4.92 Å².